The van der Waals surface area contributed by atoms with Gasteiger partial charge in [-0.1, -0.05) is 43.6 Å². The van der Waals surface area contributed by atoms with Crippen molar-refractivity contribution in [3.05, 3.63) is 40.4 Å². The lowest BCUT2D eigenvalue weighted by Gasteiger charge is -2.31. The van der Waals surface area contributed by atoms with E-state index in [-0.39, 0.29) is 18.7 Å². The number of hydrogen-bond donors (Lipinski definition) is 2. The second kappa shape index (κ2) is 8.45. The quantitative estimate of drug-likeness (QED) is 0.720. The van der Waals surface area contributed by atoms with E-state index in [9.17, 15) is 9.59 Å². The first kappa shape index (κ1) is 19.4. The Morgan fingerprint density at radius 3 is 2.56 bits per heavy atom. The first-order valence-electron chi connectivity index (χ1n) is 8.11. The highest BCUT2D eigenvalue weighted by Crippen LogP contribution is 2.30. The van der Waals surface area contributed by atoms with Crippen molar-refractivity contribution < 1.29 is 14.7 Å². The molecule has 1 aromatic heterocycles. The van der Waals surface area contributed by atoms with E-state index in [2.05, 4.69) is 10.3 Å². The molecule has 0 unspecified atom stereocenters. The van der Waals surface area contributed by atoms with Crippen LogP contribution in [0, 0.1) is 0 Å². The number of hydrogen-bond acceptors (Lipinski definition) is 4. The van der Waals surface area contributed by atoms with E-state index in [0.29, 0.717) is 23.6 Å². The molecule has 0 atom stereocenters. The van der Waals surface area contributed by atoms with E-state index >= 15 is 0 Å². The molecule has 2 aromatic rings. The molecule has 0 aliphatic heterocycles. The highest BCUT2D eigenvalue weighted by molar-refractivity contribution is 7.13. The molecule has 0 saturated carbocycles. The van der Waals surface area contributed by atoms with Crippen molar-refractivity contribution in [2.24, 2.45) is 0 Å². The molecule has 25 heavy (non-hydrogen) atoms. The summed E-state index contributed by atoms with van der Waals surface area (Å²) in [4.78, 5) is 27.9. The molecule has 0 fully saturated rings. The number of nitrogens with one attached hydrogen (secondary N) is 1. The van der Waals surface area contributed by atoms with Gasteiger partial charge in [0.25, 0.3) is 0 Å². The maximum atomic E-state index is 12.4. The van der Waals surface area contributed by atoms with Gasteiger partial charge in [0.1, 0.15) is 5.01 Å². The monoisotopic (exact) mass is 380 g/mol. The Kier molecular flexibility index (Phi) is 6.56. The predicted octanol–water partition coefficient (Wildman–Crippen LogP) is 4.16. The van der Waals surface area contributed by atoms with Gasteiger partial charge in [0.15, 0.2) is 0 Å². The van der Waals surface area contributed by atoms with Crippen LogP contribution in [0.1, 0.15) is 38.8 Å². The fourth-order valence-electron chi connectivity index (χ4n) is 2.66. The van der Waals surface area contributed by atoms with Gasteiger partial charge < -0.3 is 10.4 Å². The average molecular weight is 381 g/mol. The standard InChI is InChI=1S/C18H21ClN2O3S/c1-3-18(4-2,10-16(23)24)21-15(22)9-12-11-25-17(20-12)13-7-5-6-8-14(13)19/h5-8,11H,3-4,9-10H2,1-2H3,(H,21,22)(H,23,24). The van der Waals surface area contributed by atoms with E-state index in [4.69, 9.17) is 16.7 Å². The molecule has 1 heterocycles. The lowest BCUT2D eigenvalue weighted by Crippen LogP contribution is -2.49. The average Bonchev–Trinajstić information content (AvgIpc) is 3.02. The van der Waals surface area contributed by atoms with Crippen molar-refractivity contribution in [1.29, 1.82) is 0 Å². The molecule has 7 heteroatoms. The highest BCUT2D eigenvalue weighted by Gasteiger charge is 2.31. The number of aromatic nitrogens is 1. The molecule has 0 saturated heterocycles. The number of carbonyl (C=O) groups excluding carboxylic acids is 1. The molecule has 0 aliphatic rings. The summed E-state index contributed by atoms with van der Waals surface area (Å²) in [7, 11) is 0. The smallest absolute Gasteiger partial charge is 0.305 e. The minimum atomic E-state index is -0.918. The van der Waals surface area contributed by atoms with Crippen molar-refractivity contribution in [3.63, 3.8) is 0 Å². The second-order valence-electron chi connectivity index (χ2n) is 5.91. The van der Waals surface area contributed by atoms with E-state index in [0.717, 1.165) is 10.6 Å². The summed E-state index contributed by atoms with van der Waals surface area (Å²) in [6.07, 6.45) is 1.14. The molecule has 1 aromatic carbocycles. The van der Waals surface area contributed by atoms with E-state index in [1.165, 1.54) is 11.3 Å². The summed E-state index contributed by atoms with van der Waals surface area (Å²) >= 11 is 7.61. The van der Waals surface area contributed by atoms with Crippen molar-refractivity contribution in [2.75, 3.05) is 0 Å². The number of aliphatic carboxylic acids is 1. The van der Waals surface area contributed by atoms with Crippen LogP contribution in [0.3, 0.4) is 0 Å². The number of amides is 1. The molecular weight excluding hydrogens is 360 g/mol. The molecule has 0 radical (unpaired) electrons. The topological polar surface area (TPSA) is 79.3 Å². The molecule has 5 nitrogen and oxygen atoms in total. The summed E-state index contributed by atoms with van der Waals surface area (Å²) in [5.74, 6) is -1.14. The zero-order chi connectivity index (χ0) is 18.4. The molecule has 1 amide bonds. The summed E-state index contributed by atoms with van der Waals surface area (Å²) in [6.45, 7) is 3.76. The molecule has 0 aliphatic carbocycles. The van der Waals surface area contributed by atoms with Crippen LogP contribution in [0.15, 0.2) is 29.6 Å². The Bertz CT molecular complexity index is 756. The third kappa shape index (κ3) is 5.03. The van der Waals surface area contributed by atoms with Gasteiger partial charge >= 0.3 is 5.97 Å². The van der Waals surface area contributed by atoms with Gasteiger partial charge in [-0.3, -0.25) is 9.59 Å². The molecular formula is C18H21ClN2O3S. The van der Waals surface area contributed by atoms with Gasteiger partial charge in [0.2, 0.25) is 5.91 Å². The first-order valence-corrected chi connectivity index (χ1v) is 9.37. The Morgan fingerprint density at radius 2 is 1.96 bits per heavy atom. The number of carbonyl (C=O) groups is 2. The van der Waals surface area contributed by atoms with Crippen LogP contribution in [0.25, 0.3) is 10.6 Å². The van der Waals surface area contributed by atoms with Gasteiger partial charge in [-0.05, 0) is 18.9 Å². The van der Waals surface area contributed by atoms with Crippen molar-refractivity contribution in [1.82, 2.24) is 10.3 Å². The largest absolute Gasteiger partial charge is 0.481 e. The van der Waals surface area contributed by atoms with Crippen molar-refractivity contribution in [3.8, 4) is 10.6 Å². The first-order chi connectivity index (χ1) is 11.9. The zero-order valence-electron chi connectivity index (χ0n) is 14.2. The third-order valence-corrected chi connectivity index (χ3v) is 5.50. The lowest BCUT2D eigenvalue weighted by atomic mass is 9.88. The number of rotatable bonds is 8. The number of thiazole rings is 1. The lowest BCUT2D eigenvalue weighted by molar-refractivity contribution is -0.139. The van der Waals surface area contributed by atoms with Gasteiger partial charge in [0.05, 0.1) is 23.6 Å². The van der Waals surface area contributed by atoms with Crippen LogP contribution in [0.2, 0.25) is 5.02 Å². The van der Waals surface area contributed by atoms with E-state index < -0.39 is 11.5 Å². The number of benzene rings is 1. The second-order valence-corrected chi connectivity index (χ2v) is 7.17. The normalized spacial score (nSPS) is 11.3. The summed E-state index contributed by atoms with van der Waals surface area (Å²) < 4.78 is 0. The van der Waals surface area contributed by atoms with Crippen LogP contribution in [-0.4, -0.2) is 27.5 Å². The molecule has 134 valence electrons. The fraction of sp³-hybridized carbons (Fsp3) is 0.389. The Labute approximate surface area is 156 Å². The summed E-state index contributed by atoms with van der Waals surface area (Å²) in [5, 5.41) is 15.2. The summed E-state index contributed by atoms with van der Waals surface area (Å²) in [5.41, 5.74) is 0.766. The van der Waals surface area contributed by atoms with Gasteiger partial charge in [-0.15, -0.1) is 11.3 Å². The SMILES string of the molecule is CCC(CC)(CC(=O)O)NC(=O)Cc1csc(-c2ccccc2Cl)n1. The Hall–Kier alpha value is -1.92. The van der Waals surface area contributed by atoms with Gasteiger partial charge in [-0.2, -0.15) is 0 Å². The number of carboxylic acid groups (broad SMARTS) is 1. The molecule has 2 N–H and O–H groups in total. The van der Waals surface area contributed by atoms with Crippen LogP contribution >= 0.6 is 22.9 Å². The van der Waals surface area contributed by atoms with Crippen LogP contribution in [-0.2, 0) is 16.0 Å². The van der Waals surface area contributed by atoms with E-state index in [1.807, 2.05) is 37.4 Å². The zero-order valence-corrected chi connectivity index (χ0v) is 15.8. The highest BCUT2D eigenvalue weighted by atomic mass is 35.5. The van der Waals surface area contributed by atoms with Crippen LogP contribution in [0.4, 0.5) is 0 Å². The van der Waals surface area contributed by atoms with Crippen LogP contribution in [0.5, 0.6) is 0 Å². The molecule has 0 bridgehead atoms. The van der Waals surface area contributed by atoms with Crippen molar-refractivity contribution in [2.45, 2.75) is 45.1 Å². The molecule has 2 rings (SSSR count). The minimum Gasteiger partial charge on any atom is -0.481 e. The predicted molar refractivity (Wildman–Crippen MR) is 100.0 cm³/mol. The van der Waals surface area contributed by atoms with Crippen LogP contribution < -0.4 is 5.32 Å². The van der Waals surface area contributed by atoms with E-state index in [1.54, 1.807) is 6.07 Å². The van der Waals surface area contributed by atoms with Gasteiger partial charge in [-0.25, -0.2) is 4.98 Å². The van der Waals surface area contributed by atoms with Gasteiger partial charge in [0, 0.05) is 16.5 Å². The Morgan fingerprint density at radius 1 is 1.28 bits per heavy atom. The van der Waals surface area contributed by atoms with Crippen molar-refractivity contribution >= 4 is 34.8 Å². The number of halogens is 1. The minimum absolute atomic E-state index is 0.0896. The molecule has 0 spiro atoms. The maximum Gasteiger partial charge on any atom is 0.305 e. The third-order valence-electron chi connectivity index (χ3n) is 4.25. The maximum absolute atomic E-state index is 12.4. The number of carboxylic acids is 1. The fourth-order valence-corrected chi connectivity index (χ4v) is 3.80. The summed E-state index contributed by atoms with van der Waals surface area (Å²) in [6, 6.07) is 7.42. The Balaban J connectivity index is 2.08. The number of nitrogens with zero attached hydrogens (tertiary/aromatic N) is 1.